The van der Waals surface area contributed by atoms with E-state index in [0.717, 1.165) is 22.3 Å². The highest BCUT2D eigenvalue weighted by Crippen LogP contribution is 2.43. The highest BCUT2D eigenvalue weighted by atomic mass is 16.5. The second-order valence-corrected chi connectivity index (χ2v) is 6.00. The van der Waals surface area contributed by atoms with Crippen LogP contribution in [0, 0.1) is 6.92 Å². The highest BCUT2D eigenvalue weighted by molar-refractivity contribution is 6.07. The van der Waals surface area contributed by atoms with Crippen LogP contribution in [0.5, 0.6) is 11.5 Å². The molecule has 0 aromatic heterocycles. The third-order valence-electron chi connectivity index (χ3n) is 4.39. The predicted molar refractivity (Wildman–Crippen MR) is 93.4 cm³/mol. The molecule has 0 aliphatic rings. The van der Waals surface area contributed by atoms with E-state index in [1.165, 1.54) is 21.9 Å². The molecule has 0 N–H and O–H groups in total. The minimum atomic E-state index is 0.375. The monoisotopic (exact) mass is 294 g/mol. The van der Waals surface area contributed by atoms with Crippen LogP contribution in [0.2, 0.25) is 0 Å². The molecule has 0 saturated heterocycles. The van der Waals surface area contributed by atoms with Crippen LogP contribution in [0.4, 0.5) is 0 Å². The number of benzene rings is 3. The smallest absolute Gasteiger partial charge is 0.130 e. The third-order valence-corrected chi connectivity index (χ3v) is 4.39. The van der Waals surface area contributed by atoms with Crippen molar-refractivity contribution in [3.05, 3.63) is 47.5 Å². The van der Waals surface area contributed by atoms with Crippen molar-refractivity contribution >= 4 is 21.5 Å². The summed E-state index contributed by atoms with van der Waals surface area (Å²) in [4.78, 5) is 0. The van der Waals surface area contributed by atoms with E-state index in [1.54, 1.807) is 14.2 Å². The molecule has 3 aromatic carbocycles. The molecule has 0 fully saturated rings. The van der Waals surface area contributed by atoms with Crippen LogP contribution in [0.1, 0.15) is 30.9 Å². The van der Waals surface area contributed by atoms with E-state index in [-0.39, 0.29) is 0 Å². The molecule has 0 saturated carbocycles. The lowest BCUT2D eigenvalue weighted by atomic mass is 9.91. The Morgan fingerprint density at radius 3 is 2.27 bits per heavy atom. The van der Waals surface area contributed by atoms with E-state index >= 15 is 0 Å². The van der Waals surface area contributed by atoms with Crippen LogP contribution >= 0.6 is 0 Å². The maximum Gasteiger partial charge on any atom is 0.130 e. The molecular weight excluding hydrogens is 272 g/mol. The number of fused-ring (bicyclic) bond motifs is 2. The summed E-state index contributed by atoms with van der Waals surface area (Å²) in [6, 6.07) is 12.8. The summed E-state index contributed by atoms with van der Waals surface area (Å²) in [7, 11) is 3.48. The van der Waals surface area contributed by atoms with Crippen molar-refractivity contribution in [2.45, 2.75) is 26.7 Å². The van der Waals surface area contributed by atoms with Gasteiger partial charge >= 0.3 is 0 Å². The van der Waals surface area contributed by atoms with Gasteiger partial charge in [0, 0.05) is 16.3 Å². The van der Waals surface area contributed by atoms with Crippen LogP contribution in [0.15, 0.2) is 36.4 Å². The fraction of sp³-hybridized carbons (Fsp3) is 0.300. The third kappa shape index (κ3) is 2.10. The number of rotatable bonds is 3. The average molecular weight is 294 g/mol. The molecule has 3 rings (SSSR count). The van der Waals surface area contributed by atoms with Crippen molar-refractivity contribution in [1.82, 2.24) is 0 Å². The van der Waals surface area contributed by atoms with Crippen molar-refractivity contribution in [3.63, 3.8) is 0 Å². The first-order chi connectivity index (χ1) is 10.6. The van der Waals surface area contributed by atoms with Gasteiger partial charge in [0.25, 0.3) is 0 Å². The van der Waals surface area contributed by atoms with Gasteiger partial charge in [-0.25, -0.2) is 0 Å². The maximum absolute atomic E-state index is 5.77. The van der Waals surface area contributed by atoms with E-state index in [1.807, 2.05) is 0 Å². The van der Waals surface area contributed by atoms with E-state index in [4.69, 9.17) is 9.47 Å². The molecule has 0 atom stereocenters. The fourth-order valence-electron chi connectivity index (χ4n) is 3.28. The van der Waals surface area contributed by atoms with Gasteiger partial charge in [-0.15, -0.1) is 0 Å². The molecule has 0 spiro atoms. The van der Waals surface area contributed by atoms with Gasteiger partial charge in [-0.1, -0.05) is 38.1 Å². The molecule has 2 heteroatoms. The van der Waals surface area contributed by atoms with Crippen molar-refractivity contribution < 1.29 is 9.47 Å². The standard InChI is InChI=1S/C20H22O2/c1-12(2)16-11-18(21-4)19-13(3)15-9-7-6-8-14(15)10-17(19)20(16)22-5/h6-12H,1-5H3. The zero-order chi connectivity index (χ0) is 15.9. The van der Waals surface area contributed by atoms with Crippen molar-refractivity contribution in [1.29, 1.82) is 0 Å². The van der Waals surface area contributed by atoms with Gasteiger partial charge in [0.1, 0.15) is 11.5 Å². The lowest BCUT2D eigenvalue weighted by Gasteiger charge is -2.19. The average Bonchev–Trinajstić information content (AvgIpc) is 2.53. The Kier molecular flexibility index (Phi) is 3.69. The summed E-state index contributed by atoms with van der Waals surface area (Å²) in [5.74, 6) is 2.25. The van der Waals surface area contributed by atoms with Crippen molar-refractivity contribution in [2.75, 3.05) is 14.2 Å². The number of hydrogen-bond donors (Lipinski definition) is 0. The summed E-state index contributed by atoms with van der Waals surface area (Å²) in [6.45, 7) is 6.51. The zero-order valence-electron chi connectivity index (χ0n) is 13.9. The van der Waals surface area contributed by atoms with Crippen LogP contribution in [0.3, 0.4) is 0 Å². The summed E-state index contributed by atoms with van der Waals surface area (Å²) >= 11 is 0. The Morgan fingerprint density at radius 1 is 0.909 bits per heavy atom. The Labute approximate surface area is 131 Å². The number of hydrogen-bond acceptors (Lipinski definition) is 2. The Hall–Kier alpha value is -2.22. The number of aryl methyl sites for hydroxylation is 1. The second-order valence-electron chi connectivity index (χ2n) is 6.00. The molecule has 2 nitrogen and oxygen atoms in total. The Bertz CT molecular complexity index is 847. The molecular formula is C20H22O2. The summed E-state index contributed by atoms with van der Waals surface area (Å²) in [6.07, 6.45) is 0. The van der Waals surface area contributed by atoms with Gasteiger partial charge in [0.15, 0.2) is 0 Å². The zero-order valence-corrected chi connectivity index (χ0v) is 13.9. The van der Waals surface area contributed by atoms with Gasteiger partial charge in [0.2, 0.25) is 0 Å². The lowest BCUT2D eigenvalue weighted by molar-refractivity contribution is 0.404. The van der Waals surface area contributed by atoms with Crippen LogP contribution in [0.25, 0.3) is 21.5 Å². The minimum absolute atomic E-state index is 0.375. The molecule has 22 heavy (non-hydrogen) atoms. The molecule has 0 amide bonds. The number of ether oxygens (including phenoxy) is 2. The molecule has 3 aromatic rings. The fourth-order valence-corrected chi connectivity index (χ4v) is 3.28. The first-order valence-electron chi connectivity index (χ1n) is 7.65. The predicted octanol–water partition coefficient (Wildman–Crippen LogP) is 5.44. The molecule has 0 bridgehead atoms. The van der Waals surface area contributed by atoms with E-state index in [0.29, 0.717) is 5.92 Å². The molecule has 0 heterocycles. The summed E-state index contributed by atoms with van der Waals surface area (Å²) in [5.41, 5.74) is 2.42. The topological polar surface area (TPSA) is 18.5 Å². The Morgan fingerprint density at radius 2 is 1.64 bits per heavy atom. The number of methoxy groups -OCH3 is 2. The van der Waals surface area contributed by atoms with Crippen LogP contribution in [-0.2, 0) is 0 Å². The highest BCUT2D eigenvalue weighted by Gasteiger charge is 2.18. The van der Waals surface area contributed by atoms with Gasteiger partial charge in [-0.2, -0.15) is 0 Å². The first-order valence-corrected chi connectivity index (χ1v) is 7.65. The van der Waals surface area contributed by atoms with Crippen LogP contribution < -0.4 is 9.47 Å². The van der Waals surface area contributed by atoms with Gasteiger partial charge < -0.3 is 9.47 Å². The normalized spacial score (nSPS) is 11.4. The van der Waals surface area contributed by atoms with E-state index in [2.05, 4.69) is 57.2 Å². The molecule has 0 radical (unpaired) electrons. The lowest BCUT2D eigenvalue weighted by Crippen LogP contribution is -1.99. The molecule has 0 aliphatic heterocycles. The van der Waals surface area contributed by atoms with Crippen molar-refractivity contribution in [3.8, 4) is 11.5 Å². The maximum atomic E-state index is 5.77. The van der Waals surface area contributed by atoms with Crippen molar-refractivity contribution in [2.24, 2.45) is 0 Å². The quantitative estimate of drug-likeness (QED) is 0.599. The molecule has 0 unspecified atom stereocenters. The van der Waals surface area contributed by atoms with Gasteiger partial charge in [-0.05, 0) is 41.3 Å². The first kappa shape index (κ1) is 14.7. The van der Waals surface area contributed by atoms with Crippen LogP contribution in [-0.4, -0.2) is 14.2 Å². The largest absolute Gasteiger partial charge is 0.496 e. The van der Waals surface area contributed by atoms with Gasteiger partial charge in [0.05, 0.1) is 14.2 Å². The molecule has 0 aliphatic carbocycles. The molecule has 114 valence electrons. The Balaban J connectivity index is 2.55. The van der Waals surface area contributed by atoms with Gasteiger partial charge in [-0.3, -0.25) is 0 Å². The summed E-state index contributed by atoms with van der Waals surface area (Å²) in [5, 5.41) is 4.76. The minimum Gasteiger partial charge on any atom is -0.496 e. The SMILES string of the molecule is COc1c(C(C)C)cc(OC)c2c(C)c3ccccc3cc12. The van der Waals surface area contributed by atoms with E-state index < -0.39 is 0 Å². The summed E-state index contributed by atoms with van der Waals surface area (Å²) < 4.78 is 11.5. The van der Waals surface area contributed by atoms with E-state index in [9.17, 15) is 0 Å². The second kappa shape index (κ2) is 5.53.